The average Bonchev–Trinajstić information content (AvgIpc) is 3.05. The zero-order chi connectivity index (χ0) is 15.0. The maximum absolute atomic E-state index is 11.9. The topological polar surface area (TPSA) is 34.5 Å². The van der Waals surface area contributed by atoms with Gasteiger partial charge in [-0.05, 0) is 39.3 Å². The van der Waals surface area contributed by atoms with Gasteiger partial charge in [-0.3, -0.25) is 9.69 Å². The SMILES string of the molecule is Cc1cc(C(=O)CCl)c(C)n1CC1CN2CCCC2CO1. The maximum Gasteiger partial charge on any atom is 0.179 e. The average molecular weight is 311 g/mol. The number of rotatable bonds is 4. The fraction of sp³-hybridized carbons (Fsp3) is 0.688. The number of carbonyl (C=O) groups is 1. The number of ether oxygens (including phenoxy) is 1. The van der Waals surface area contributed by atoms with Crippen LogP contribution in [-0.2, 0) is 11.3 Å². The van der Waals surface area contributed by atoms with E-state index in [1.165, 1.54) is 19.4 Å². The summed E-state index contributed by atoms with van der Waals surface area (Å²) < 4.78 is 8.22. The van der Waals surface area contributed by atoms with Crippen molar-refractivity contribution in [3.8, 4) is 0 Å². The van der Waals surface area contributed by atoms with Crippen molar-refractivity contribution < 1.29 is 9.53 Å². The summed E-state index contributed by atoms with van der Waals surface area (Å²) in [7, 11) is 0. The molecule has 5 heteroatoms. The van der Waals surface area contributed by atoms with Gasteiger partial charge in [0.05, 0.1) is 25.1 Å². The van der Waals surface area contributed by atoms with Crippen LogP contribution in [0.5, 0.6) is 0 Å². The largest absolute Gasteiger partial charge is 0.373 e. The molecule has 0 amide bonds. The van der Waals surface area contributed by atoms with Crippen LogP contribution in [0.1, 0.15) is 34.6 Å². The second kappa shape index (κ2) is 6.11. The van der Waals surface area contributed by atoms with Crippen molar-refractivity contribution in [3.05, 3.63) is 23.0 Å². The van der Waals surface area contributed by atoms with E-state index >= 15 is 0 Å². The van der Waals surface area contributed by atoms with E-state index in [1.807, 2.05) is 19.9 Å². The summed E-state index contributed by atoms with van der Waals surface area (Å²) in [5, 5.41) is 0. The highest BCUT2D eigenvalue weighted by molar-refractivity contribution is 6.30. The maximum atomic E-state index is 11.9. The summed E-state index contributed by atoms with van der Waals surface area (Å²) >= 11 is 5.68. The van der Waals surface area contributed by atoms with Crippen molar-refractivity contribution >= 4 is 17.4 Å². The molecule has 2 fully saturated rings. The van der Waals surface area contributed by atoms with E-state index in [4.69, 9.17) is 16.3 Å². The molecule has 0 spiro atoms. The molecule has 2 aliphatic heterocycles. The first-order valence-corrected chi connectivity index (χ1v) is 8.25. The van der Waals surface area contributed by atoms with Gasteiger partial charge < -0.3 is 9.30 Å². The number of aromatic nitrogens is 1. The number of hydrogen-bond acceptors (Lipinski definition) is 3. The zero-order valence-electron chi connectivity index (χ0n) is 12.8. The van der Waals surface area contributed by atoms with Gasteiger partial charge in [-0.2, -0.15) is 0 Å². The molecule has 0 aromatic carbocycles. The van der Waals surface area contributed by atoms with Crippen LogP contribution in [0.25, 0.3) is 0 Å². The normalized spacial score (nSPS) is 26.0. The Hall–Kier alpha value is -0.840. The Morgan fingerprint density at radius 2 is 2.29 bits per heavy atom. The van der Waals surface area contributed by atoms with Crippen LogP contribution < -0.4 is 0 Å². The number of alkyl halides is 1. The van der Waals surface area contributed by atoms with Gasteiger partial charge in [-0.15, -0.1) is 11.6 Å². The fourth-order valence-electron chi connectivity index (χ4n) is 3.64. The number of ketones is 1. The third-order valence-corrected chi connectivity index (χ3v) is 5.09. The summed E-state index contributed by atoms with van der Waals surface area (Å²) in [5.41, 5.74) is 2.86. The van der Waals surface area contributed by atoms with E-state index in [0.717, 1.165) is 36.6 Å². The Labute approximate surface area is 131 Å². The molecule has 2 aliphatic rings. The molecule has 0 bridgehead atoms. The van der Waals surface area contributed by atoms with E-state index in [1.54, 1.807) is 0 Å². The molecule has 4 nitrogen and oxygen atoms in total. The second-order valence-corrected chi connectivity index (χ2v) is 6.47. The molecular weight excluding hydrogens is 288 g/mol. The highest BCUT2D eigenvalue weighted by Crippen LogP contribution is 2.24. The summed E-state index contributed by atoms with van der Waals surface area (Å²) in [4.78, 5) is 14.4. The van der Waals surface area contributed by atoms with Crippen LogP contribution in [0.15, 0.2) is 6.07 Å². The lowest BCUT2D eigenvalue weighted by Gasteiger charge is -2.35. The quantitative estimate of drug-likeness (QED) is 0.632. The summed E-state index contributed by atoms with van der Waals surface area (Å²) in [6.07, 6.45) is 2.77. The lowest BCUT2D eigenvalue weighted by Crippen LogP contribution is -2.47. The van der Waals surface area contributed by atoms with Crippen LogP contribution in [0, 0.1) is 13.8 Å². The summed E-state index contributed by atoms with van der Waals surface area (Å²) in [6.45, 7) is 7.90. The molecule has 0 N–H and O–H groups in total. The van der Waals surface area contributed by atoms with E-state index in [2.05, 4.69) is 9.47 Å². The van der Waals surface area contributed by atoms with Crippen LogP contribution in [0.4, 0.5) is 0 Å². The predicted octanol–water partition coefficient (Wildman–Crippen LogP) is 2.39. The highest BCUT2D eigenvalue weighted by atomic mass is 35.5. The first kappa shape index (κ1) is 15.1. The molecule has 2 saturated heterocycles. The van der Waals surface area contributed by atoms with Crippen LogP contribution in [0.3, 0.4) is 0 Å². The predicted molar refractivity (Wildman–Crippen MR) is 83.3 cm³/mol. The van der Waals surface area contributed by atoms with Crippen molar-refractivity contribution in [2.45, 2.75) is 45.4 Å². The number of hydrogen-bond donors (Lipinski definition) is 0. The minimum Gasteiger partial charge on any atom is -0.373 e. The van der Waals surface area contributed by atoms with E-state index in [-0.39, 0.29) is 17.8 Å². The second-order valence-electron chi connectivity index (χ2n) is 6.20. The Morgan fingerprint density at radius 3 is 3.05 bits per heavy atom. The molecule has 3 rings (SSSR count). The third-order valence-electron chi connectivity index (χ3n) is 4.84. The molecular formula is C16H23ClN2O2. The number of halogens is 1. The van der Waals surface area contributed by atoms with E-state index in [0.29, 0.717) is 6.04 Å². The van der Waals surface area contributed by atoms with Gasteiger partial charge in [-0.1, -0.05) is 0 Å². The molecule has 2 unspecified atom stereocenters. The van der Waals surface area contributed by atoms with Crippen LogP contribution >= 0.6 is 11.6 Å². The molecule has 0 aliphatic carbocycles. The van der Waals surface area contributed by atoms with E-state index in [9.17, 15) is 4.79 Å². The lowest BCUT2D eigenvalue weighted by molar-refractivity contribution is -0.0555. The smallest absolute Gasteiger partial charge is 0.179 e. The van der Waals surface area contributed by atoms with Crippen molar-refractivity contribution in [1.82, 2.24) is 9.47 Å². The standard InChI is InChI=1S/C16H23ClN2O2/c1-11-6-15(16(20)7-17)12(2)19(11)9-14-8-18-5-3-4-13(18)10-21-14/h6,13-14H,3-5,7-10H2,1-2H3. The van der Waals surface area contributed by atoms with Crippen molar-refractivity contribution in [2.24, 2.45) is 0 Å². The molecule has 1 aromatic rings. The first-order valence-electron chi connectivity index (χ1n) is 7.71. The number of morpholine rings is 1. The number of fused-ring (bicyclic) bond motifs is 1. The highest BCUT2D eigenvalue weighted by Gasteiger charge is 2.32. The Kier molecular flexibility index (Phi) is 4.38. The van der Waals surface area contributed by atoms with Gasteiger partial charge in [0.15, 0.2) is 5.78 Å². The monoisotopic (exact) mass is 310 g/mol. The first-order chi connectivity index (χ1) is 10.1. The van der Waals surface area contributed by atoms with Crippen molar-refractivity contribution in [1.29, 1.82) is 0 Å². The number of Topliss-reactive ketones (excluding diaryl/α,β-unsaturated/α-hetero) is 1. The molecule has 0 saturated carbocycles. The molecule has 1 aromatic heterocycles. The fourth-order valence-corrected chi connectivity index (χ4v) is 3.78. The van der Waals surface area contributed by atoms with Crippen molar-refractivity contribution in [2.75, 3.05) is 25.6 Å². The van der Waals surface area contributed by atoms with Gasteiger partial charge >= 0.3 is 0 Å². The molecule has 2 atom stereocenters. The molecule has 21 heavy (non-hydrogen) atoms. The van der Waals surface area contributed by atoms with Gasteiger partial charge in [0.1, 0.15) is 0 Å². The molecule has 116 valence electrons. The Bertz CT molecular complexity index is 541. The summed E-state index contributed by atoms with van der Waals surface area (Å²) in [5.74, 6) is 0.0415. The number of aryl methyl sites for hydroxylation is 1. The van der Waals surface area contributed by atoms with Crippen LogP contribution in [0.2, 0.25) is 0 Å². The number of carbonyl (C=O) groups excluding carboxylic acids is 1. The van der Waals surface area contributed by atoms with Gasteiger partial charge in [0, 0.05) is 29.5 Å². The minimum absolute atomic E-state index is 0.000172. The van der Waals surface area contributed by atoms with Gasteiger partial charge in [-0.25, -0.2) is 0 Å². The van der Waals surface area contributed by atoms with Gasteiger partial charge in [0.25, 0.3) is 0 Å². The van der Waals surface area contributed by atoms with Gasteiger partial charge in [0.2, 0.25) is 0 Å². The lowest BCUT2D eigenvalue weighted by atomic mass is 10.1. The molecule has 3 heterocycles. The Morgan fingerprint density at radius 1 is 1.48 bits per heavy atom. The van der Waals surface area contributed by atoms with Crippen LogP contribution in [-0.4, -0.2) is 53.0 Å². The van der Waals surface area contributed by atoms with E-state index < -0.39 is 0 Å². The minimum atomic E-state index is 0.000172. The third kappa shape index (κ3) is 2.89. The molecule has 0 radical (unpaired) electrons. The Balaban J connectivity index is 1.73. The van der Waals surface area contributed by atoms with Crippen molar-refractivity contribution in [3.63, 3.8) is 0 Å². The zero-order valence-corrected chi connectivity index (χ0v) is 13.5. The summed E-state index contributed by atoms with van der Waals surface area (Å²) in [6, 6.07) is 2.57. The number of nitrogens with zero attached hydrogens (tertiary/aromatic N) is 2.